The lowest BCUT2D eigenvalue weighted by Crippen LogP contribution is -2.08. The van der Waals surface area contributed by atoms with Crippen molar-refractivity contribution in [3.05, 3.63) is 53.6 Å². The molecule has 0 aliphatic heterocycles. The van der Waals surface area contributed by atoms with Gasteiger partial charge < -0.3 is 24.3 Å². The van der Waals surface area contributed by atoms with E-state index in [1.807, 2.05) is 36.4 Å². The van der Waals surface area contributed by atoms with Crippen LogP contribution in [-0.4, -0.2) is 34.3 Å². The van der Waals surface area contributed by atoms with Crippen molar-refractivity contribution in [3.8, 4) is 23.0 Å². The highest BCUT2D eigenvalue weighted by Crippen LogP contribution is 2.38. The molecule has 1 N–H and O–H groups in total. The summed E-state index contributed by atoms with van der Waals surface area (Å²) >= 11 is 0. The van der Waals surface area contributed by atoms with E-state index < -0.39 is 0 Å². The average Bonchev–Trinajstić information content (AvgIpc) is 2.72. The Hall–Kier alpha value is -3.41. The van der Waals surface area contributed by atoms with Gasteiger partial charge in [0.2, 0.25) is 11.7 Å². The van der Waals surface area contributed by atoms with Crippen LogP contribution in [-0.2, 0) is 4.79 Å². The molecule has 2 aromatic rings. The Bertz CT molecular complexity index is 861. The third-order valence-electron chi connectivity index (χ3n) is 3.96. The Morgan fingerprint density at radius 1 is 0.821 bits per heavy atom. The normalized spacial score (nSPS) is 10.9. The maximum atomic E-state index is 11.7. The molecule has 1 amide bonds. The number of rotatable bonds is 8. The summed E-state index contributed by atoms with van der Waals surface area (Å²) in [6.45, 7) is 1.79. The van der Waals surface area contributed by atoms with E-state index >= 15 is 0 Å². The van der Waals surface area contributed by atoms with Crippen LogP contribution in [0, 0.1) is 0 Å². The van der Waals surface area contributed by atoms with Crippen LogP contribution in [0.5, 0.6) is 23.0 Å². The van der Waals surface area contributed by atoms with Gasteiger partial charge in [-0.2, -0.15) is 0 Å². The summed E-state index contributed by atoms with van der Waals surface area (Å²) in [5, 5.41) is 2.78. The average molecular weight is 383 g/mol. The number of benzene rings is 2. The van der Waals surface area contributed by atoms with E-state index in [0.29, 0.717) is 28.7 Å². The van der Waals surface area contributed by atoms with Crippen LogP contribution in [0.2, 0.25) is 0 Å². The predicted molar refractivity (Wildman–Crippen MR) is 111 cm³/mol. The first-order valence-electron chi connectivity index (χ1n) is 8.66. The van der Waals surface area contributed by atoms with Gasteiger partial charge in [-0.1, -0.05) is 24.3 Å². The van der Waals surface area contributed by atoms with E-state index in [4.69, 9.17) is 18.9 Å². The Labute approximate surface area is 165 Å². The Kier molecular flexibility index (Phi) is 7.51. The standard InChI is InChI=1S/C22H25NO5/c1-6-7-21(24)23-17-11-10-15(12-18(17)25-2)8-9-16-13-19(26-3)22(28-5)20(14-16)27-4/h6-14H,1-5H3,(H,23,24)/b7-6+,9-8-. The van der Waals surface area contributed by atoms with Crippen LogP contribution in [0.1, 0.15) is 18.1 Å². The number of hydrogen-bond donors (Lipinski definition) is 1. The van der Waals surface area contributed by atoms with Gasteiger partial charge in [0.05, 0.1) is 34.1 Å². The highest BCUT2D eigenvalue weighted by atomic mass is 16.5. The molecule has 28 heavy (non-hydrogen) atoms. The molecule has 0 radical (unpaired) electrons. The zero-order valence-electron chi connectivity index (χ0n) is 16.7. The molecule has 0 aromatic heterocycles. The molecule has 148 valence electrons. The topological polar surface area (TPSA) is 66.0 Å². The van der Waals surface area contributed by atoms with E-state index in [-0.39, 0.29) is 5.91 Å². The Morgan fingerprint density at radius 2 is 1.39 bits per heavy atom. The monoisotopic (exact) mass is 383 g/mol. The maximum absolute atomic E-state index is 11.7. The summed E-state index contributed by atoms with van der Waals surface area (Å²) in [4.78, 5) is 11.7. The van der Waals surface area contributed by atoms with Gasteiger partial charge in [-0.05, 0) is 48.4 Å². The predicted octanol–water partition coefficient (Wildman–Crippen LogP) is 4.41. The number of carbonyl (C=O) groups is 1. The minimum Gasteiger partial charge on any atom is -0.495 e. The molecule has 0 saturated heterocycles. The van der Waals surface area contributed by atoms with Crippen molar-refractivity contribution in [1.82, 2.24) is 0 Å². The van der Waals surface area contributed by atoms with Crippen LogP contribution in [0.3, 0.4) is 0 Å². The van der Waals surface area contributed by atoms with Crippen molar-refractivity contribution in [2.45, 2.75) is 6.92 Å². The first-order chi connectivity index (χ1) is 13.6. The SMILES string of the molecule is C/C=C/C(=O)Nc1ccc(/C=C\c2cc(OC)c(OC)c(OC)c2)cc1OC. The van der Waals surface area contributed by atoms with Gasteiger partial charge in [-0.3, -0.25) is 4.79 Å². The van der Waals surface area contributed by atoms with Gasteiger partial charge in [0, 0.05) is 0 Å². The molecule has 0 fully saturated rings. The lowest BCUT2D eigenvalue weighted by atomic mass is 10.1. The number of ether oxygens (including phenoxy) is 4. The fraction of sp³-hybridized carbons (Fsp3) is 0.227. The molecular weight excluding hydrogens is 358 g/mol. The molecule has 0 heterocycles. The van der Waals surface area contributed by atoms with E-state index in [2.05, 4.69) is 5.32 Å². The number of allylic oxidation sites excluding steroid dienone is 1. The lowest BCUT2D eigenvalue weighted by molar-refractivity contribution is -0.111. The van der Waals surface area contributed by atoms with Crippen molar-refractivity contribution in [2.75, 3.05) is 33.8 Å². The van der Waals surface area contributed by atoms with Crippen LogP contribution in [0.4, 0.5) is 5.69 Å². The largest absolute Gasteiger partial charge is 0.495 e. The lowest BCUT2D eigenvalue weighted by Gasteiger charge is -2.13. The molecule has 0 bridgehead atoms. The smallest absolute Gasteiger partial charge is 0.248 e. The van der Waals surface area contributed by atoms with Crippen molar-refractivity contribution in [1.29, 1.82) is 0 Å². The van der Waals surface area contributed by atoms with Crippen molar-refractivity contribution >= 4 is 23.7 Å². The molecule has 2 rings (SSSR count). The molecule has 0 aliphatic carbocycles. The minimum atomic E-state index is -0.207. The first kappa shape index (κ1) is 20.9. The van der Waals surface area contributed by atoms with Crippen molar-refractivity contribution < 1.29 is 23.7 Å². The molecule has 6 heteroatoms. The molecular formula is C22H25NO5. The number of carbonyl (C=O) groups excluding carboxylic acids is 1. The van der Waals surface area contributed by atoms with Crippen molar-refractivity contribution in [2.24, 2.45) is 0 Å². The fourth-order valence-corrected chi connectivity index (χ4v) is 2.63. The number of nitrogens with one attached hydrogen (secondary N) is 1. The zero-order valence-corrected chi connectivity index (χ0v) is 16.7. The van der Waals surface area contributed by atoms with Gasteiger partial charge in [-0.25, -0.2) is 0 Å². The Morgan fingerprint density at radius 3 is 1.93 bits per heavy atom. The quantitative estimate of drug-likeness (QED) is 0.540. The van der Waals surface area contributed by atoms with Gasteiger partial charge in [-0.15, -0.1) is 0 Å². The summed E-state index contributed by atoms with van der Waals surface area (Å²) in [6.07, 6.45) is 6.99. The summed E-state index contributed by atoms with van der Waals surface area (Å²) in [7, 11) is 6.29. The van der Waals surface area contributed by atoms with Gasteiger partial charge in [0.25, 0.3) is 0 Å². The minimum absolute atomic E-state index is 0.207. The molecule has 0 aliphatic rings. The second-order valence-corrected chi connectivity index (χ2v) is 5.74. The summed E-state index contributed by atoms with van der Waals surface area (Å²) in [6, 6.07) is 9.26. The van der Waals surface area contributed by atoms with Crippen molar-refractivity contribution in [3.63, 3.8) is 0 Å². The fourth-order valence-electron chi connectivity index (χ4n) is 2.63. The highest BCUT2D eigenvalue weighted by Gasteiger charge is 2.12. The van der Waals surface area contributed by atoms with E-state index in [0.717, 1.165) is 11.1 Å². The maximum Gasteiger partial charge on any atom is 0.248 e. The van der Waals surface area contributed by atoms with Crippen LogP contribution in [0.25, 0.3) is 12.2 Å². The molecule has 0 saturated carbocycles. The summed E-state index contributed by atoms with van der Waals surface area (Å²) in [5.41, 5.74) is 2.41. The first-order valence-corrected chi connectivity index (χ1v) is 8.66. The zero-order chi connectivity index (χ0) is 20.5. The third kappa shape index (κ3) is 5.07. The van der Waals surface area contributed by atoms with E-state index in [9.17, 15) is 4.79 Å². The second-order valence-electron chi connectivity index (χ2n) is 5.74. The second kappa shape index (κ2) is 10.1. The molecule has 2 aromatic carbocycles. The highest BCUT2D eigenvalue weighted by molar-refractivity contribution is 6.00. The van der Waals surface area contributed by atoms with Crippen LogP contribution < -0.4 is 24.3 Å². The molecule has 0 spiro atoms. The Balaban J connectivity index is 2.30. The number of methoxy groups -OCH3 is 4. The van der Waals surface area contributed by atoms with Crippen LogP contribution in [0.15, 0.2) is 42.5 Å². The number of anilines is 1. The van der Waals surface area contributed by atoms with Crippen LogP contribution >= 0.6 is 0 Å². The number of amides is 1. The molecule has 0 unspecified atom stereocenters. The van der Waals surface area contributed by atoms with E-state index in [1.165, 1.54) is 6.08 Å². The van der Waals surface area contributed by atoms with Gasteiger partial charge in [0.1, 0.15) is 5.75 Å². The molecule has 0 atom stereocenters. The third-order valence-corrected chi connectivity index (χ3v) is 3.96. The summed E-state index contributed by atoms with van der Waals surface area (Å²) in [5.74, 6) is 2.08. The number of hydrogen-bond acceptors (Lipinski definition) is 5. The van der Waals surface area contributed by atoms with Gasteiger partial charge in [0.15, 0.2) is 11.5 Å². The molecule has 6 nitrogen and oxygen atoms in total. The van der Waals surface area contributed by atoms with Gasteiger partial charge >= 0.3 is 0 Å². The van der Waals surface area contributed by atoms with E-state index in [1.54, 1.807) is 47.5 Å². The summed E-state index contributed by atoms with van der Waals surface area (Å²) < 4.78 is 21.5.